The van der Waals surface area contributed by atoms with Gasteiger partial charge in [0.1, 0.15) is 11.2 Å². The summed E-state index contributed by atoms with van der Waals surface area (Å²) < 4.78 is 17.6. The van der Waals surface area contributed by atoms with Crippen molar-refractivity contribution in [3.63, 3.8) is 0 Å². The zero-order valence-corrected chi connectivity index (χ0v) is 14.9. The van der Waals surface area contributed by atoms with Gasteiger partial charge in [-0.3, -0.25) is 14.2 Å². The van der Waals surface area contributed by atoms with Crippen LogP contribution in [0.5, 0.6) is 0 Å². The van der Waals surface area contributed by atoms with E-state index in [-0.39, 0.29) is 17.7 Å². The number of carbonyl (C=O) groups excluding carboxylic acids is 1. The molecule has 3 rings (SSSR count). The number of pyridine rings is 2. The Balaban J connectivity index is 1.86. The van der Waals surface area contributed by atoms with Crippen molar-refractivity contribution in [3.8, 4) is 0 Å². The molecule has 0 radical (unpaired) electrons. The first kappa shape index (κ1) is 18.2. The third-order valence-electron chi connectivity index (χ3n) is 4.30. The first-order chi connectivity index (χ1) is 12.5. The van der Waals surface area contributed by atoms with Crippen molar-refractivity contribution in [2.24, 2.45) is 0 Å². The number of hydrogen-bond acceptors (Lipinski definition) is 6. The number of nitrogens with one attached hydrogen (secondary N) is 1. The van der Waals surface area contributed by atoms with E-state index in [1.54, 1.807) is 30.5 Å². The summed E-state index contributed by atoms with van der Waals surface area (Å²) in [6.07, 6.45) is 4.44. The van der Waals surface area contributed by atoms with Crippen LogP contribution in [-0.2, 0) is 20.8 Å². The fourth-order valence-corrected chi connectivity index (χ4v) is 2.88. The second-order valence-corrected chi connectivity index (χ2v) is 5.80. The van der Waals surface area contributed by atoms with E-state index in [9.17, 15) is 9.59 Å². The van der Waals surface area contributed by atoms with Crippen molar-refractivity contribution in [1.82, 2.24) is 14.9 Å². The molecule has 2 aromatic rings. The summed E-state index contributed by atoms with van der Waals surface area (Å²) in [7, 11) is 2.98. The number of rotatable bonds is 6. The Morgan fingerprint density at radius 3 is 2.92 bits per heavy atom. The van der Waals surface area contributed by atoms with E-state index in [1.165, 1.54) is 18.8 Å². The van der Waals surface area contributed by atoms with Gasteiger partial charge in [0, 0.05) is 32.3 Å². The number of aryl methyl sites for hydroxylation is 1. The fourth-order valence-electron chi connectivity index (χ4n) is 2.88. The van der Waals surface area contributed by atoms with Crippen molar-refractivity contribution < 1.29 is 19.0 Å². The van der Waals surface area contributed by atoms with Crippen molar-refractivity contribution in [1.29, 1.82) is 0 Å². The van der Waals surface area contributed by atoms with Crippen LogP contribution in [0.4, 0.5) is 0 Å². The standard InChI is InChI=1S/C18H21N3O5/c1-4-21-15-12(6-5-9-19-15)10-13(17(21)23)16(22)20-11-18(25-3)8-7-14(24-2)26-18/h5-10,14H,4,11H2,1-3H3,(H,20,22)/t14-,18+/m1/s1. The molecule has 0 saturated carbocycles. The number of hydrogen-bond donors (Lipinski definition) is 1. The minimum atomic E-state index is -1.13. The molecule has 1 aliphatic rings. The highest BCUT2D eigenvalue weighted by molar-refractivity contribution is 5.96. The Hall–Kier alpha value is -2.55. The molecular weight excluding hydrogens is 338 g/mol. The number of nitrogens with zero attached hydrogens (tertiary/aromatic N) is 2. The van der Waals surface area contributed by atoms with Crippen LogP contribution in [0.25, 0.3) is 11.0 Å². The number of aromatic nitrogens is 2. The van der Waals surface area contributed by atoms with E-state index in [0.717, 1.165) is 5.39 Å². The molecule has 138 valence electrons. The third-order valence-corrected chi connectivity index (χ3v) is 4.30. The van der Waals surface area contributed by atoms with Gasteiger partial charge in [-0.1, -0.05) is 0 Å². The van der Waals surface area contributed by atoms with Crippen LogP contribution in [-0.4, -0.2) is 48.3 Å². The topological polar surface area (TPSA) is 91.7 Å². The van der Waals surface area contributed by atoms with Gasteiger partial charge in [-0.05, 0) is 37.3 Å². The summed E-state index contributed by atoms with van der Waals surface area (Å²) in [4.78, 5) is 29.5. The Morgan fingerprint density at radius 2 is 2.27 bits per heavy atom. The predicted molar refractivity (Wildman–Crippen MR) is 94.8 cm³/mol. The van der Waals surface area contributed by atoms with Crippen LogP contribution in [0.2, 0.25) is 0 Å². The molecule has 26 heavy (non-hydrogen) atoms. The van der Waals surface area contributed by atoms with E-state index in [0.29, 0.717) is 12.2 Å². The molecule has 8 nitrogen and oxygen atoms in total. The lowest BCUT2D eigenvalue weighted by molar-refractivity contribution is -0.238. The maximum Gasteiger partial charge on any atom is 0.265 e. The van der Waals surface area contributed by atoms with Gasteiger partial charge in [0.25, 0.3) is 11.5 Å². The SMILES string of the molecule is CCn1c(=O)c(C(=O)NC[C@]2(OC)C=C[C@H](OC)O2)cc2cccnc21. The minimum Gasteiger partial charge on any atom is -0.352 e. The average Bonchev–Trinajstić information content (AvgIpc) is 3.10. The van der Waals surface area contributed by atoms with Crippen LogP contribution in [0, 0.1) is 0 Å². The van der Waals surface area contributed by atoms with E-state index < -0.39 is 18.0 Å². The number of methoxy groups -OCH3 is 2. The zero-order chi connectivity index (χ0) is 18.7. The van der Waals surface area contributed by atoms with Gasteiger partial charge in [-0.25, -0.2) is 4.98 Å². The molecule has 8 heteroatoms. The lowest BCUT2D eigenvalue weighted by atomic mass is 10.1. The van der Waals surface area contributed by atoms with Gasteiger partial charge >= 0.3 is 0 Å². The van der Waals surface area contributed by atoms with Crippen LogP contribution < -0.4 is 10.9 Å². The summed E-state index contributed by atoms with van der Waals surface area (Å²) in [6.45, 7) is 2.28. The zero-order valence-electron chi connectivity index (χ0n) is 14.9. The van der Waals surface area contributed by atoms with Gasteiger partial charge < -0.3 is 19.5 Å². The molecule has 0 spiro atoms. The Bertz CT molecular complexity index is 907. The van der Waals surface area contributed by atoms with Crippen molar-refractivity contribution in [2.45, 2.75) is 25.5 Å². The van der Waals surface area contributed by atoms with Crippen molar-refractivity contribution in [3.05, 3.63) is 52.5 Å². The monoisotopic (exact) mass is 359 g/mol. The molecule has 2 atom stereocenters. The summed E-state index contributed by atoms with van der Waals surface area (Å²) in [5.74, 6) is -1.63. The Morgan fingerprint density at radius 1 is 1.46 bits per heavy atom. The quantitative estimate of drug-likeness (QED) is 0.775. The summed E-state index contributed by atoms with van der Waals surface area (Å²) in [5.41, 5.74) is 0.207. The third kappa shape index (κ3) is 3.26. The first-order valence-electron chi connectivity index (χ1n) is 8.25. The maximum atomic E-state index is 12.7. The molecule has 0 bridgehead atoms. The summed E-state index contributed by atoms with van der Waals surface area (Å²) in [5, 5.41) is 3.42. The second-order valence-electron chi connectivity index (χ2n) is 5.80. The molecule has 3 heterocycles. The molecule has 1 N–H and O–H groups in total. The van der Waals surface area contributed by atoms with Gasteiger partial charge in [-0.15, -0.1) is 0 Å². The van der Waals surface area contributed by atoms with E-state index in [2.05, 4.69) is 10.3 Å². The van der Waals surface area contributed by atoms with Gasteiger partial charge in [0.05, 0.1) is 6.54 Å². The van der Waals surface area contributed by atoms with Gasteiger partial charge in [0.2, 0.25) is 5.79 Å². The van der Waals surface area contributed by atoms with Crippen molar-refractivity contribution >= 4 is 16.9 Å². The molecule has 0 fully saturated rings. The molecule has 0 unspecified atom stereocenters. The highest BCUT2D eigenvalue weighted by Crippen LogP contribution is 2.24. The van der Waals surface area contributed by atoms with Gasteiger partial charge in [0.15, 0.2) is 6.29 Å². The number of amides is 1. The lowest BCUT2D eigenvalue weighted by Gasteiger charge is -2.27. The van der Waals surface area contributed by atoms with E-state index in [1.807, 2.05) is 13.0 Å². The molecule has 1 amide bonds. The second kappa shape index (κ2) is 7.36. The minimum absolute atomic E-state index is 0.0370. The fraction of sp³-hybridized carbons (Fsp3) is 0.389. The summed E-state index contributed by atoms with van der Waals surface area (Å²) >= 11 is 0. The Kier molecular flexibility index (Phi) is 5.17. The maximum absolute atomic E-state index is 12.7. The highest BCUT2D eigenvalue weighted by atomic mass is 16.8. The molecular formula is C18H21N3O5. The molecule has 0 aromatic carbocycles. The van der Waals surface area contributed by atoms with E-state index in [4.69, 9.17) is 14.2 Å². The summed E-state index contributed by atoms with van der Waals surface area (Å²) in [6, 6.07) is 5.12. The van der Waals surface area contributed by atoms with Crippen LogP contribution in [0.15, 0.2) is 41.3 Å². The van der Waals surface area contributed by atoms with Gasteiger partial charge in [-0.2, -0.15) is 0 Å². The highest BCUT2D eigenvalue weighted by Gasteiger charge is 2.36. The normalized spacial score (nSPS) is 22.0. The average molecular weight is 359 g/mol. The van der Waals surface area contributed by atoms with Crippen LogP contribution >= 0.6 is 0 Å². The molecule has 0 aliphatic carbocycles. The van der Waals surface area contributed by atoms with E-state index >= 15 is 0 Å². The molecule has 1 aliphatic heterocycles. The Labute approximate surface area is 150 Å². The molecule has 2 aromatic heterocycles. The lowest BCUT2D eigenvalue weighted by Crippen LogP contribution is -2.45. The molecule has 0 saturated heterocycles. The number of ether oxygens (including phenoxy) is 3. The number of fused-ring (bicyclic) bond motifs is 1. The predicted octanol–water partition coefficient (Wildman–Crippen LogP) is 1.05. The first-order valence-corrected chi connectivity index (χ1v) is 8.25. The number of carbonyl (C=O) groups is 1. The van der Waals surface area contributed by atoms with Crippen LogP contribution in [0.3, 0.4) is 0 Å². The largest absolute Gasteiger partial charge is 0.352 e. The van der Waals surface area contributed by atoms with Crippen LogP contribution in [0.1, 0.15) is 17.3 Å². The smallest absolute Gasteiger partial charge is 0.265 e. The van der Waals surface area contributed by atoms with Crippen molar-refractivity contribution in [2.75, 3.05) is 20.8 Å².